The molecule has 76 valence electrons. The first kappa shape index (κ1) is 9.21. The summed E-state index contributed by atoms with van der Waals surface area (Å²) in [5.41, 5.74) is 0.0921. The summed E-state index contributed by atoms with van der Waals surface area (Å²) in [6.07, 6.45) is 3.56. The van der Waals surface area contributed by atoms with Gasteiger partial charge in [-0.2, -0.15) is 0 Å². The van der Waals surface area contributed by atoms with Crippen LogP contribution in [-0.2, 0) is 7.05 Å². The monoisotopic (exact) mass is 195 g/mol. The van der Waals surface area contributed by atoms with Gasteiger partial charge in [-0.1, -0.05) is 0 Å². The summed E-state index contributed by atoms with van der Waals surface area (Å²) in [4.78, 5) is 25.3. The van der Waals surface area contributed by atoms with Crippen molar-refractivity contribution in [3.63, 3.8) is 0 Å². The molecule has 5 heteroatoms. The average Bonchev–Trinajstić information content (AvgIpc) is 2.67. The molecule has 1 atom stereocenters. The Morgan fingerprint density at radius 3 is 2.93 bits per heavy atom. The molecule has 5 nitrogen and oxygen atoms in total. The molecule has 1 saturated heterocycles. The van der Waals surface area contributed by atoms with Crippen LogP contribution in [-0.4, -0.2) is 16.1 Å². The molecule has 2 heterocycles. The van der Waals surface area contributed by atoms with Gasteiger partial charge in [0.2, 0.25) is 0 Å². The van der Waals surface area contributed by atoms with Gasteiger partial charge < -0.3 is 10.3 Å². The minimum Gasteiger partial charge on any atom is -0.314 e. The molecule has 1 aliphatic rings. The summed E-state index contributed by atoms with van der Waals surface area (Å²) >= 11 is 0. The number of nitrogens with zero attached hydrogens (tertiary/aromatic N) is 1. The molecule has 0 radical (unpaired) electrons. The molecule has 0 saturated carbocycles. The van der Waals surface area contributed by atoms with Crippen LogP contribution in [0.1, 0.15) is 24.4 Å². The summed E-state index contributed by atoms with van der Waals surface area (Å²) in [6, 6.07) is 0.102. The Labute approximate surface area is 80.8 Å². The lowest BCUT2D eigenvalue weighted by Crippen LogP contribution is -2.36. The van der Waals surface area contributed by atoms with Crippen molar-refractivity contribution < 1.29 is 0 Å². The van der Waals surface area contributed by atoms with E-state index in [-0.39, 0.29) is 17.3 Å². The highest BCUT2D eigenvalue weighted by atomic mass is 16.2. The van der Waals surface area contributed by atoms with Crippen LogP contribution in [0.15, 0.2) is 15.8 Å². The maximum absolute atomic E-state index is 11.7. The third kappa shape index (κ3) is 1.39. The van der Waals surface area contributed by atoms with Crippen LogP contribution in [0.25, 0.3) is 0 Å². The fourth-order valence-corrected chi connectivity index (χ4v) is 1.78. The maximum Gasteiger partial charge on any atom is 0.328 e. The van der Waals surface area contributed by atoms with Crippen LogP contribution in [0.2, 0.25) is 0 Å². The van der Waals surface area contributed by atoms with E-state index < -0.39 is 0 Å². The van der Waals surface area contributed by atoms with Gasteiger partial charge in [0.15, 0.2) is 0 Å². The van der Waals surface area contributed by atoms with Gasteiger partial charge in [-0.15, -0.1) is 0 Å². The van der Waals surface area contributed by atoms with E-state index in [1.807, 2.05) is 0 Å². The van der Waals surface area contributed by atoms with E-state index in [4.69, 9.17) is 0 Å². The average molecular weight is 195 g/mol. The van der Waals surface area contributed by atoms with Crippen LogP contribution in [0, 0.1) is 0 Å². The zero-order valence-electron chi connectivity index (χ0n) is 8.04. The maximum atomic E-state index is 11.7. The molecule has 1 aliphatic heterocycles. The van der Waals surface area contributed by atoms with Gasteiger partial charge in [0.25, 0.3) is 5.56 Å². The highest BCUT2D eigenvalue weighted by molar-refractivity contribution is 5.11. The fraction of sp³-hybridized carbons (Fsp3) is 0.556. The Hall–Kier alpha value is -1.36. The number of hydrogen-bond donors (Lipinski definition) is 2. The molecule has 1 unspecified atom stereocenters. The molecule has 2 rings (SSSR count). The van der Waals surface area contributed by atoms with Gasteiger partial charge in [0.1, 0.15) is 0 Å². The standard InChI is InChI=1S/C9H13N3O2/c1-12-8(13)6(5-11-9(12)14)7-3-2-4-10-7/h5,7,10H,2-4H2,1H3,(H,11,14). The molecule has 0 spiro atoms. The zero-order valence-corrected chi connectivity index (χ0v) is 8.04. The summed E-state index contributed by atoms with van der Waals surface area (Å²) in [7, 11) is 1.49. The van der Waals surface area contributed by atoms with Crippen LogP contribution in [0.3, 0.4) is 0 Å². The minimum absolute atomic E-state index is 0.102. The zero-order chi connectivity index (χ0) is 10.1. The van der Waals surface area contributed by atoms with E-state index >= 15 is 0 Å². The molecule has 0 bridgehead atoms. The van der Waals surface area contributed by atoms with Crippen LogP contribution in [0.5, 0.6) is 0 Å². The molecule has 0 aliphatic carbocycles. The van der Waals surface area contributed by atoms with Crippen LogP contribution >= 0.6 is 0 Å². The molecule has 2 N–H and O–H groups in total. The smallest absolute Gasteiger partial charge is 0.314 e. The van der Waals surface area contributed by atoms with Gasteiger partial charge >= 0.3 is 5.69 Å². The molecule has 1 aromatic rings. The highest BCUT2D eigenvalue weighted by Crippen LogP contribution is 2.18. The Morgan fingerprint density at radius 1 is 1.50 bits per heavy atom. The molecule has 1 fully saturated rings. The SMILES string of the molecule is Cn1c(=O)[nH]cc(C2CCCN2)c1=O. The Bertz CT molecular complexity index is 440. The third-order valence-corrected chi connectivity index (χ3v) is 2.64. The second kappa shape index (κ2) is 3.42. The van der Waals surface area contributed by atoms with Gasteiger partial charge in [-0.25, -0.2) is 4.79 Å². The second-order valence-corrected chi connectivity index (χ2v) is 3.56. The van der Waals surface area contributed by atoms with E-state index in [9.17, 15) is 9.59 Å². The van der Waals surface area contributed by atoms with Crippen LogP contribution in [0.4, 0.5) is 0 Å². The van der Waals surface area contributed by atoms with Crippen molar-refractivity contribution in [2.75, 3.05) is 6.54 Å². The largest absolute Gasteiger partial charge is 0.328 e. The van der Waals surface area contributed by atoms with E-state index in [2.05, 4.69) is 10.3 Å². The summed E-state index contributed by atoms with van der Waals surface area (Å²) in [5.74, 6) is 0. The van der Waals surface area contributed by atoms with Gasteiger partial charge in [-0.05, 0) is 19.4 Å². The second-order valence-electron chi connectivity index (χ2n) is 3.56. The number of nitrogens with one attached hydrogen (secondary N) is 2. The Morgan fingerprint density at radius 2 is 2.29 bits per heavy atom. The Kier molecular flexibility index (Phi) is 2.25. The predicted molar refractivity (Wildman–Crippen MR) is 52.3 cm³/mol. The molecular weight excluding hydrogens is 182 g/mol. The van der Waals surface area contributed by atoms with Crippen molar-refractivity contribution in [1.82, 2.24) is 14.9 Å². The lowest BCUT2D eigenvalue weighted by Gasteiger charge is -2.09. The van der Waals surface area contributed by atoms with Gasteiger partial charge in [-0.3, -0.25) is 9.36 Å². The first-order chi connectivity index (χ1) is 6.70. The predicted octanol–water partition coefficient (Wildman–Crippen LogP) is -0.502. The molecule has 0 aromatic carbocycles. The highest BCUT2D eigenvalue weighted by Gasteiger charge is 2.19. The lowest BCUT2D eigenvalue weighted by atomic mass is 10.1. The fourth-order valence-electron chi connectivity index (χ4n) is 1.78. The van der Waals surface area contributed by atoms with Crippen LogP contribution < -0.4 is 16.6 Å². The number of aromatic amines is 1. The molecule has 14 heavy (non-hydrogen) atoms. The van der Waals surface area contributed by atoms with E-state index in [1.165, 1.54) is 13.2 Å². The quantitative estimate of drug-likeness (QED) is 0.634. The van der Waals surface area contributed by atoms with E-state index in [0.717, 1.165) is 24.0 Å². The lowest BCUT2D eigenvalue weighted by molar-refractivity contribution is 0.616. The van der Waals surface area contributed by atoms with Crippen molar-refractivity contribution >= 4 is 0 Å². The van der Waals surface area contributed by atoms with E-state index in [1.54, 1.807) is 0 Å². The van der Waals surface area contributed by atoms with Crippen molar-refractivity contribution in [2.24, 2.45) is 7.05 Å². The molecular formula is C9H13N3O2. The first-order valence-electron chi connectivity index (χ1n) is 4.72. The third-order valence-electron chi connectivity index (χ3n) is 2.64. The molecule has 1 aromatic heterocycles. The first-order valence-corrected chi connectivity index (χ1v) is 4.72. The summed E-state index contributed by atoms with van der Waals surface area (Å²) in [6.45, 7) is 0.937. The summed E-state index contributed by atoms with van der Waals surface area (Å²) in [5, 5.41) is 3.23. The number of hydrogen-bond acceptors (Lipinski definition) is 3. The topological polar surface area (TPSA) is 66.9 Å². The minimum atomic E-state index is -0.364. The number of rotatable bonds is 1. The van der Waals surface area contributed by atoms with Gasteiger partial charge in [0.05, 0.1) is 5.56 Å². The number of aromatic nitrogens is 2. The van der Waals surface area contributed by atoms with E-state index in [0.29, 0.717) is 5.56 Å². The molecule has 0 amide bonds. The van der Waals surface area contributed by atoms with Crippen molar-refractivity contribution in [1.29, 1.82) is 0 Å². The summed E-state index contributed by atoms with van der Waals surface area (Å²) < 4.78 is 1.11. The normalized spacial score (nSPS) is 21.4. The number of H-pyrrole nitrogens is 1. The van der Waals surface area contributed by atoms with Crippen molar-refractivity contribution in [3.05, 3.63) is 32.6 Å². The Balaban J connectivity index is 2.49. The van der Waals surface area contributed by atoms with Crippen molar-refractivity contribution in [2.45, 2.75) is 18.9 Å². The van der Waals surface area contributed by atoms with Crippen molar-refractivity contribution in [3.8, 4) is 0 Å². The van der Waals surface area contributed by atoms with Gasteiger partial charge in [0, 0.05) is 19.3 Å².